The molecule has 186 valence electrons. The first-order valence-electron chi connectivity index (χ1n) is 9.92. The molecule has 2 N–H and O–H groups in total. The standard InChI is InChI=1S/C22H20Cl3N3O5S2/c1-14(28(34(2,30)31)17-10-6-15(23)7-11-17)22(29)26-16-8-12-18(13-9-16)35(32,33)27-20-5-3-4-19(24)21(20)25/h3-14,27H,1-2H3,(H,26,29)/t14-/m1/s1. The van der Waals surface area contributed by atoms with Gasteiger partial charge in [-0.1, -0.05) is 40.9 Å². The molecule has 0 aliphatic carbocycles. The Kier molecular flexibility index (Phi) is 8.23. The summed E-state index contributed by atoms with van der Waals surface area (Å²) in [6, 6.07) is 14.8. The number of carbonyl (C=O) groups is 1. The van der Waals surface area contributed by atoms with Crippen LogP contribution in [0, 0.1) is 0 Å². The van der Waals surface area contributed by atoms with Crippen LogP contribution in [0.25, 0.3) is 0 Å². The zero-order valence-electron chi connectivity index (χ0n) is 18.4. The highest BCUT2D eigenvalue weighted by Gasteiger charge is 2.29. The van der Waals surface area contributed by atoms with E-state index < -0.39 is 32.0 Å². The summed E-state index contributed by atoms with van der Waals surface area (Å²) in [5.41, 5.74) is 0.659. The molecule has 8 nitrogen and oxygen atoms in total. The zero-order valence-corrected chi connectivity index (χ0v) is 22.3. The van der Waals surface area contributed by atoms with Gasteiger partial charge in [0.15, 0.2) is 0 Å². The summed E-state index contributed by atoms with van der Waals surface area (Å²) in [6.45, 7) is 1.43. The van der Waals surface area contributed by atoms with E-state index in [1.807, 2.05) is 0 Å². The molecule has 0 spiro atoms. The van der Waals surface area contributed by atoms with Crippen molar-refractivity contribution < 1.29 is 21.6 Å². The number of hydrogen-bond donors (Lipinski definition) is 2. The molecule has 1 atom stereocenters. The number of rotatable bonds is 8. The first kappa shape index (κ1) is 27.1. The maximum atomic E-state index is 12.8. The van der Waals surface area contributed by atoms with Crippen molar-refractivity contribution in [2.45, 2.75) is 17.9 Å². The molecule has 0 unspecified atom stereocenters. The van der Waals surface area contributed by atoms with Crippen LogP contribution in [0.5, 0.6) is 0 Å². The van der Waals surface area contributed by atoms with Crippen molar-refractivity contribution in [3.63, 3.8) is 0 Å². The lowest BCUT2D eigenvalue weighted by Crippen LogP contribution is -2.45. The number of amides is 1. The molecule has 35 heavy (non-hydrogen) atoms. The Labute approximate surface area is 218 Å². The molecule has 3 aromatic carbocycles. The minimum Gasteiger partial charge on any atom is -0.324 e. The molecule has 0 fully saturated rings. The maximum absolute atomic E-state index is 12.8. The Morgan fingerprint density at radius 3 is 2.06 bits per heavy atom. The fourth-order valence-electron chi connectivity index (χ4n) is 3.15. The van der Waals surface area contributed by atoms with Gasteiger partial charge < -0.3 is 5.32 Å². The first-order valence-corrected chi connectivity index (χ1v) is 14.4. The molecule has 0 aliphatic rings. The highest BCUT2D eigenvalue weighted by atomic mass is 35.5. The smallest absolute Gasteiger partial charge is 0.261 e. The van der Waals surface area contributed by atoms with Crippen LogP contribution < -0.4 is 14.3 Å². The van der Waals surface area contributed by atoms with E-state index in [2.05, 4.69) is 10.0 Å². The van der Waals surface area contributed by atoms with E-state index in [4.69, 9.17) is 34.8 Å². The third kappa shape index (κ3) is 6.59. The lowest BCUT2D eigenvalue weighted by molar-refractivity contribution is -0.116. The van der Waals surface area contributed by atoms with E-state index in [9.17, 15) is 21.6 Å². The van der Waals surface area contributed by atoms with E-state index in [1.54, 1.807) is 6.07 Å². The number of hydrogen-bond acceptors (Lipinski definition) is 5. The molecular formula is C22H20Cl3N3O5S2. The number of sulfonamides is 2. The quantitative estimate of drug-likeness (QED) is 0.381. The summed E-state index contributed by atoms with van der Waals surface area (Å²) in [4.78, 5) is 12.7. The van der Waals surface area contributed by atoms with Crippen molar-refractivity contribution >= 4 is 77.8 Å². The summed E-state index contributed by atoms with van der Waals surface area (Å²) in [5.74, 6) is -0.621. The van der Waals surface area contributed by atoms with Gasteiger partial charge in [-0.25, -0.2) is 16.8 Å². The van der Waals surface area contributed by atoms with E-state index in [-0.39, 0.29) is 32.0 Å². The molecule has 0 heterocycles. The van der Waals surface area contributed by atoms with Crippen molar-refractivity contribution in [1.82, 2.24) is 0 Å². The molecule has 0 aromatic heterocycles. The van der Waals surface area contributed by atoms with Crippen LogP contribution in [0.15, 0.2) is 71.6 Å². The molecule has 0 saturated heterocycles. The Balaban J connectivity index is 1.77. The molecule has 3 rings (SSSR count). The van der Waals surface area contributed by atoms with Crippen molar-refractivity contribution in [3.05, 3.63) is 81.8 Å². The van der Waals surface area contributed by atoms with Crippen LogP contribution in [0.3, 0.4) is 0 Å². The topological polar surface area (TPSA) is 113 Å². The van der Waals surface area contributed by atoms with E-state index >= 15 is 0 Å². The third-order valence-corrected chi connectivity index (χ3v) is 8.49. The Morgan fingerprint density at radius 1 is 0.886 bits per heavy atom. The van der Waals surface area contributed by atoms with E-state index in [0.29, 0.717) is 5.02 Å². The number of halogens is 3. The van der Waals surface area contributed by atoms with Gasteiger partial charge >= 0.3 is 0 Å². The molecule has 3 aromatic rings. The maximum Gasteiger partial charge on any atom is 0.261 e. The Hall–Kier alpha value is -2.50. The number of nitrogens with one attached hydrogen (secondary N) is 2. The fourth-order valence-corrected chi connectivity index (χ4v) is 5.92. The van der Waals surface area contributed by atoms with Crippen molar-refractivity contribution in [1.29, 1.82) is 0 Å². The average molecular weight is 577 g/mol. The monoisotopic (exact) mass is 575 g/mol. The van der Waals surface area contributed by atoms with Crippen LogP contribution in [0.1, 0.15) is 6.92 Å². The molecule has 0 saturated carbocycles. The Morgan fingerprint density at radius 2 is 1.49 bits per heavy atom. The van der Waals surface area contributed by atoms with Crippen LogP contribution in [0.4, 0.5) is 17.1 Å². The number of carbonyl (C=O) groups excluding carboxylic acids is 1. The SMILES string of the molecule is C[C@H](C(=O)Nc1ccc(S(=O)(=O)Nc2cccc(Cl)c2Cl)cc1)N(c1ccc(Cl)cc1)S(C)(=O)=O. The molecule has 0 radical (unpaired) electrons. The minimum absolute atomic E-state index is 0.0618. The highest BCUT2D eigenvalue weighted by Crippen LogP contribution is 2.31. The lowest BCUT2D eigenvalue weighted by atomic mass is 10.2. The first-order chi connectivity index (χ1) is 16.3. The van der Waals surface area contributed by atoms with Crippen LogP contribution in [0.2, 0.25) is 15.1 Å². The second-order valence-corrected chi connectivity index (χ2v) is 12.2. The summed E-state index contributed by atoms with van der Waals surface area (Å²) in [5, 5.41) is 3.27. The minimum atomic E-state index is -3.99. The zero-order chi connectivity index (χ0) is 26.0. The second kappa shape index (κ2) is 10.6. The molecule has 13 heteroatoms. The van der Waals surface area contributed by atoms with Crippen LogP contribution in [-0.4, -0.2) is 35.0 Å². The molecule has 1 amide bonds. The molecule has 0 aliphatic heterocycles. The van der Waals surface area contributed by atoms with Gasteiger partial charge in [-0.15, -0.1) is 0 Å². The fraction of sp³-hybridized carbons (Fsp3) is 0.136. The number of benzene rings is 3. The predicted octanol–water partition coefficient (Wildman–Crippen LogP) is 5.24. The summed E-state index contributed by atoms with van der Waals surface area (Å²) >= 11 is 17.9. The summed E-state index contributed by atoms with van der Waals surface area (Å²) in [6.07, 6.45) is 0.990. The van der Waals surface area contributed by atoms with Crippen molar-refractivity contribution in [2.75, 3.05) is 20.6 Å². The van der Waals surface area contributed by atoms with Gasteiger partial charge in [-0.2, -0.15) is 0 Å². The summed E-state index contributed by atoms with van der Waals surface area (Å²) in [7, 11) is -7.80. The highest BCUT2D eigenvalue weighted by molar-refractivity contribution is 7.92. The largest absolute Gasteiger partial charge is 0.324 e. The average Bonchev–Trinajstić information content (AvgIpc) is 2.77. The van der Waals surface area contributed by atoms with Crippen molar-refractivity contribution in [2.24, 2.45) is 0 Å². The summed E-state index contributed by atoms with van der Waals surface area (Å²) < 4.78 is 53.5. The van der Waals surface area contributed by atoms with E-state index in [1.165, 1.54) is 67.6 Å². The number of anilines is 3. The van der Waals surface area contributed by atoms with Gasteiger partial charge in [0, 0.05) is 10.7 Å². The van der Waals surface area contributed by atoms with Crippen LogP contribution >= 0.6 is 34.8 Å². The third-order valence-electron chi connectivity index (χ3n) is 4.80. The predicted molar refractivity (Wildman–Crippen MR) is 141 cm³/mol. The van der Waals surface area contributed by atoms with Crippen LogP contribution in [-0.2, 0) is 24.8 Å². The normalized spacial score (nSPS) is 12.6. The van der Waals surface area contributed by atoms with Crippen molar-refractivity contribution in [3.8, 4) is 0 Å². The van der Waals surface area contributed by atoms with E-state index in [0.717, 1.165) is 10.6 Å². The Bertz CT molecular complexity index is 1450. The number of nitrogens with zero attached hydrogens (tertiary/aromatic N) is 1. The van der Waals surface area contributed by atoms with Gasteiger partial charge in [0.1, 0.15) is 6.04 Å². The van der Waals surface area contributed by atoms with Gasteiger partial charge in [0.05, 0.1) is 32.6 Å². The molecular weight excluding hydrogens is 557 g/mol. The van der Waals surface area contributed by atoms with Gasteiger partial charge in [-0.05, 0) is 67.6 Å². The second-order valence-electron chi connectivity index (χ2n) is 7.43. The van der Waals surface area contributed by atoms with Gasteiger partial charge in [0.2, 0.25) is 15.9 Å². The lowest BCUT2D eigenvalue weighted by Gasteiger charge is -2.28. The molecule has 0 bridgehead atoms. The van der Waals surface area contributed by atoms with Gasteiger partial charge in [-0.3, -0.25) is 13.8 Å². The van der Waals surface area contributed by atoms with Gasteiger partial charge in [0.25, 0.3) is 10.0 Å².